The van der Waals surface area contributed by atoms with E-state index in [1.54, 1.807) is 0 Å². The monoisotopic (exact) mass is 546 g/mol. The second-order valence-corrected chi connectivity index (χ2v) is 11.9. The number of rotatable bonds is 2. The summed E-state index contributed by atoms with van der Waals surface area (Å²) in [6.07, 6.45) is 0. The predicted molar refractivity (Wildman–Crippen MR) is 174 cm³/mol. The van der Waals surface area contributed by atoms with Gasteiger partial charge in [0.25, 0.3) is 0 Å². The molecule has 1 aromatic heterocycles. The average Bonchev–Trinajstić information content (AvgIpc) is 3.78. The van der Waals surface area contributed by atoms with Gasteiger partial charge in [-0.1, -0.05) is 152 Å². The molecule has 0 fully saturated rings. The molecule has 7 aromatic rings. The molecule has 6 aromatic carbocycles. The van der Waals surface area contributed by atoms with Crippen molar-refractivity contribution in [3.05, 3.63) is 202 Å². The Hall–Kier alpha value is -5.40. The van der Waals surface area contributed by atoms with Crippen LogP contribution in [0.25, 0.3) is 33.4 Å². The van der Waals surface area contributed by atoms with Crippen LogP contribution >= 0.6 is 0 Å². The summed E-state index contributed by atoms with van der Waals surface area (Å²) in [5.74, 6) is 0.995. The molecule has 0 saturated carbocycles. The Morgan fingerprint density at radius 1 is 0.372 bits per heavy atom. The van der Waals surface area contributed by atoms with Crippen molar-refractivity contribution in [3.63, 3.8) is 0 Å². The van der Waals surface area contributed by atoms with Gasteiger partial charge in [0.05, 0.1) is 10.8 Å². The topological polar surface area (TPSA) is 13.1 Å². The Morgan fingerprint density at radius 2 is 0.814 bits per heavy atom. The number of furan rings is 1. The molecule has 1 atom stereocenters. The first-order valence-electron chi connectivity index (χ1n) is 15.0. The van der Waals surface area contributed by atoms with Crippen molar-refractivity contribution in [2.24, 2.45) is 0 Å². The van der Waals surface area contributed by atoms with E-state index < -0.39 is 10.8 Å². The molecular weight excluding hydrogens is 520 g/mol. The van der Waals surface area contributed by atoms with Gasteiger partial charge >= 0.3 is 0 Å². The predicted octanol–water partition coefficient (Wildman–Crippen LogP) is 10.0. The average molecular weight is 547 g/mol. The van der Waals surface area contributed by atoms with Gasteiger partial charge in [-0.15, -0.1) is 0 Å². The summed E-state index contributed by atoms with van der Waals surface area (Å²) >= 11 is 0. The molecule has 0 unspecified atom stereocenters. The van der Waals surface area contributed by atoms with E-state index in [4.69, 9.17) is 4.42 Å². The van der Waals surface area contributed by atoms with Crippen molar-refractivity contribution in [2.45, 2.75) is 10.8 Å². The molecule has 0 aliphatic heterocycles. The third-order valence-electron chi connectivity index (χ3n) is 10.2. The molecule has 0 N–H and O–H groups in total. The second kappa shape index (κ2) is 8.12. The highest BCUT2D eigenvalue weighted by molar-refractivity contribution is 6.19. The minimum Gasteiger partial charge on any atom is -0.456 e. The van der Waals surface area contributed by atoms with Gasteiger partial charge in [0.15, 0.2) is 0 Å². The molecular formula is C42H26O. The summed E-state index contributed by atoms with van der Waals surface area (Å²) in [6, 6.07) is 58.0. The van der Waals surface area contributed by atoms with Crippen molar-refractivity contribution in [2.75, 3.05) is 0 Å². The van der Waals surface area contributed by atoms with Crippen molar-refractivity contribution in [1.29, 1.82) is 0 Å². The SMILES string of the molecule is c1ccc(C2(c3ccccc3)C3=C(c4ccccc42)[C@]2(c4ccccc43)c3ccccc3-c3oc4ccccc4c32)cc1. The largest absolute Gasteiger partial charge is 0.456 e. The van der Waals surface area contributed by atoms with Gasteiger partial charge in [-0.3, -0.25) is 0 Å². The summed E-state index contributed by atoms with van der Waals surface area (Å²) in [6.45, 7) is 0. The molecule has 1 heterocycles. The van der Waals surface area contributed by atoms with Gasteiger partial charge in [-0.25, -0.2) is 0 Å². The molecule has 0 radical (unpaired) electrons. The van der Waals surface area contributed by atoms with Crippen molar-refractivity contribution >= 4 is 22.1 Å². The zero-order valence-corrected chi connectivity index (χ0v) is 23.4. The van der Waals surface area contributed by atoms with Gasteiger partial charge in [0.1, 0.15) is 11.3 Å². The van der Waals surface area contributed by atoms with Gasteiger partial charge in [0, 0.05) is 16.5 Å². The Morgan fingerprint density at radius 3 is 1.44 bits per heavy atom. The van der Waals surface area contributed by atoms with Crippen LogP contribution in [0.3, 0.4) is 0 Å². The van der Waals surface area contributed by atoms with Crippen LogP contribution in [0, 0.1) is 0 Å². The van der Waals surface area contributed by atoms with Crippen molar-refractivity contribution in [1.82, 2.24) is 0 Å². The summed E-state index contributed by atoms with van der Waals surface area (Å²) < 4.78 is 6.77. The Bertz CT molecular complexity index is 2250. The maximum absolute atomic E-state index is 6.77. The number of benzene rings is 6. The summed E-state index contributed by atoms with van der Waals surface area (Å²) in [7, 11) is 0. The molecule has 0 saturated heterocycles. The zero-order chi connectivity index (χ0) is 28.2. The van der Waals surface area contributed by atoms with Crippen LogP contribution in [-0.2, 0) is 10.8 Å². The van der Waals surface area contributed by atoms with Crippen molar-refractivity contribution < 1.29 is 4.42 Å². The van der Waals surface area contributed by atoms with E-state index in [1.807, 2.05) is 0 Å². The molecule has 200 valence electrons. The highest BCUT2D eigenvalue weighted by atomic mass is 16.3. The van der Waals surface area contributed by atoms with E-state index >= 15 is 0 Å². The van der Waals surface area contributed by atoms with Gasteiger partial charge in [-0.05, 0) is 56.2 Å². The van der Waals surface area contributed by atoms with Crippen LogP contribution in [0.1, 0.15) is 44.5 Å². The first-order valence-corrected chi connectivity index (χ1v) is 15.0. The van der Waals surface area contributed by atoms with Crippen LogP contribution in [0.4, 0.5) is 0 Å². The van der Waals surface area contributed by atoms with Crippen LogP contribution in [0.15, 0.2) is 162 Å². The summed E-state index contributed by atoms with van der Waals surface area (Å²) in [4.78, 5) is 0. The molecule has 0 bridgehead atoms. The zero-order valence-electron chi connectivity index (χ0n) is 23.4. The maximum atomic E-state index is 6.77. The Kier molecular flexibility index (Phi) is 4.38. The number of fused-ring (bicyclic) bond motifs is 13. The van der Waals surface area contributed by atoms with Gasteiger partial charge in [-0.2, -0.15) is 0 Å². The third-order valence-corrected chi connectivity index (χ3v) is 10.2. The molecule has 0 amide bonds. The lowest BCUT2D eigenvalue weighted by atomic mass is 9.65. The second-order valence-electron chi connectivity index (χ2n) is 11.9. The fourth-order valence-electron chi connectivity index (χ4n) is 8.81. The van der Waals surface area contributed by atoms with E-state index in [0.29, 0.717) is 0 Å². The molecule has 1 nitrogen and oxygen atoms in total. The van der Waals surface area contributed by atoms with Crippen LogP contribution in [0.2, 0.25) is 0 Å². The lowest BCUT2D eigenvalue weighted by Gasteiger charge is -2.36. The molecule has 10 rings (SSSR count). The summed E-state index contributed by atoms with van der Waals surface area (Å²) in [5, 5.41) is 1.19. The van der Waals surface area contributed by atoms with Crippen LogP contribution in [-0.4, -0.2) is 0 Å². The smallest absolute Gasteiger partial charge is 0.140 e. The highest BCUT2D eigenvalue weighted by Gasteiger charge is 2.62. The number of hydrogen-bond acceptors (Lipinski definition) is 1. The van der Waals surface area contributed by atoms with Gasteiger partial charge < -0.3 is 4.42 Å². The van der Waals surface area contributed by atoms with E-state index in [0.717, 1.165) is 11.3 Å². The lowest BCUT2D eigenvalue weighted by molar-refractivity contribution is 0.629. The quantitative estimate of drug-likeness (QED) is 0.210. The Balaban J connectivity index is 1.48. The fourth-order valence-corrected chi connectivity index (χ4v) is 8.81. The molecule has 3 aliphatic carbocycles. The Labute approximate surface area is 250 Å². The standard InChI is InChI=1S/C42H26O/c1-3-15-27(16-4-1)41(28-17-5-2-6-18-28)33-23-11-7-19-29(33)38-37(41)30-20-8-12-24-34(30)42(38)35-25-13-9-21-31(35)40-39(42)32-22-10-14-26-36(32)43-40/h1-26H/t42-/m0/s1. The number of para-hydroxylation sites is 1. The van der Waals surface area contributed by atoms with Crippen molar-refractivity contribution in [3.8, 4) is 11.3 Å². The van der Waals surface area contributed by atoms with Gasteiger partial charge in [0.2, 0.25) is 0 Å². The van der Waals surface area contributed by atoms with E-state index in [2.05, 4.69) is 158 Å². The number of hydrogen-bond donors (Lipinski definition) is 0. The van der Waals surface area contributed by atoms with E-state index in [-0.39, 0.29) is 0 Å². The molecule has 1 spiro atoms. The normalized spacial score (nSPS) is 18.4. The lowest BCUT2D eigenvalue weighted by Crippen LogP contribution is -2.29. The van der Waals surface area contributed by atoms with Crippen LogP contribution < -0.4 is 0 Å². The third kappa shape index (κ3) is 2.57. The van der Waals surface area contributed by atoms with E-state index in [9.17, 15) is 0 Å². The maximum Gasteiger partial charge on any atom is 0.140 e. The minimum atomic E-state index is -0.508. The number of allylic oxidation sites excluding steroid dienone is 2. The molecule has 1 heteroatoms. The minimum absolute atomic E-state index is 0.481. The molecule has 43 heavy (non-hydrogen) atoms. The van der Waals surface area contributed by atoms with Crippen LogP contribution in [0.5, 0.6) is 0 Å². The first-order chi connectivity index (χ1) is 21.4. The summed E-state index contributed by atoms with van der Waals surface area (Å²) in [5.41, 5.74) is 14.4. The fraction of sp³-hybridized carbons (Fsp3) is 0.0476. The molecule has 3 aliphatic rings. The highest BCUT2D eigenvalue weighted by Crippen LogP contribution is 2.73. The first kappa shape index (κ1) is 23.2. The van der Waals surface area contributed by atoms with E-state index in [1.165, 1.54) is 66.6 Å².